The Labute approximate surface area is 361 Å². The van der Waals surface area contributed by atoms with Crippen LogP contribution in [0.5, 0.6) is 0 Å². The van der Waals surface area contributed by atoms with Crippen molar-refractivity contribution in [2.75, 3.05) is 13.7 Å². The van der Waals surface area contributed by atoms with E-state index in [1.54, 1.807) is 4.90 Å². The van der Waals surface area contributed by atoms with E-state index < -0.39 is 23.5 Å². The monoisotopic (exact) mass is 814 g/mol. The number of amides is 1. The second-order valence-electron chi connectivity index (χ2n) is 15.6. The second kappa shape index (κ2) is 18.0. The molecule has 0 radical (unpaired) electrons. The van der Waals surface area contributed by atoms with E-state index in [1.807, 2.05) is 95.7 Å². The number of ether oxygens (including phenoxy) is 1. The number of methoxy groups -OCH3 is 1. The quantitative estimate of drug-likeness (QED) is 0.0917. The van der Waals surface area contributed by atoms with Crippen molar-refractivity contribution in [3.05, 3.63) is 234 Å². The lowest BCUT2D eigenvalue weighted by Gasteiger charge is -2.36. The minimum Gasteiger partial charge on any atom is -0.467 e. The van der Waals surface area contributed by atoms with E-state index in [0.717, 1.165) is 50.1 Å². The summed E-state index contributed by atoms with van der Waals surface area (Å²) >= 11 is 0. The minimum atomic E-state index is -0.886. The van der Waals surface area contributed by atoms with Crippen LogP contribution in [0.3, 0.4) is 0 Å². The fourth-order valence-electron chi connectivity index (χ4n) is 9.00. The van der Waals surface area contributed by atoms with Gasteiger partial charge in [0.1, 0.15) is 11.6 Å². The molecule has 9 heteroatoms. The molecular formula is C53H46N6O3. The summed E-state index contributed by atoms with van der Waals surface area (Å²) in [5.41, 5.74) is 7.92. The zero-order chi connectivity index (χ0) is 42.3. The van der Waals surface area contributed by atoms with Gasteiger partial charge >= 0.3 is 5.97 Å². The summed E-state index contributed by atoms with van der Waals surface area (Å²) in [5.74, 6) is -0.449. The Morgan fingerprint density at radius 1 is 0.645 bits per heavy atom. The normalized spacial score (nSPS) is 15.1. The van der Waals surface area contributed by atoms with Gasteiger partial charge in [0.15, 0.2) is 5.82 Å². The number of carbonyl (C=O) groups is 2. The molecule has 0 aliphatic carbocycles. The Hall–Kier alpha value is -7.49. The fourth-order valence-corrected chi connectivity index (χ4v) is 9.00. The molecule has 62 heavy (non-hydrogen) atoms. The second-order valence-corrected chi connectivity index (χ2v) is 15.6. The molecule has 306 valence electrons. The molecule has 9 nitrogen and oxygen atoms in total. The molecular weight excluding hydrogens is 769 g/mol. The van der Waals surface area contributed by atoms with Gasteiger partial charge < -0.3 is 15.0 Å². The van der Waals surface area contributed by atoms with Crippen LogP contribution in [-0.2, 0) is 26.4 Å². The molecule has 0 spiro atoms. The summed E-state index contributed by atoms with van der Waals surface area (Å²) in [6, 6.07) is 66.5. The fraction of sp³-hybridized carbons (Fsp3) is 0.151. The standard InChI is InChI=1S/C53H46N6O3/c1-62-52(61)48-35-45(37-58(48)51(60)49(40-19-7-2-8-20-40)41-21-9-3-10-22-41)54-36-38-31-33-39(34-32-38)46-29-17-18-30-47(46)50-55-56-57-59(50)53(42-23-11-4-12-24-42,43-25-13-5-14-26-43)44-27-15-6-16-28-44/h2-34,45,48-49,54H,35-37H2,1H3/t45-,48+/m0/s1. The van der Waals surface area contributed by atoms with Gasteiger partial charge in [-0.25, -0.2) is 9.48 Å². The van der Waals surface area contributed by atoms with E-state index >= 15 is 0 Å². The number of benzene rings is 7. The van der Waals surface area contributed by atoms with E-state index in [-0.39, 0.29) is 11.9 Å². The van der Waals surface area contributed by atoms with Gasteiger partial charge in [0.25, 0.3) is 0 Å². The lowest BCUT2D eigenvalue weighted by Crippen LogP contribution is -2.44. The van der Waals surface area contributed by atoms with Crippen LogP contribution in [0.2, 0.25) is 0 Å². The van der Waals surface area contributed by atoms with Crippen molar-refractivity contribution in [2.45, 2.75) is 36.5 Å². The Kier molecular flexibility index (Phi) is 11.6. The highest BCUT2D eigenvalue weighted by atomic mass is 16.5. The lowest BCUT2D eigenvalue weighted by atomic mass is 9.77. The molecule has 2 atom stereocenters. The van der Waals surface area contributed by atoms with Gasteiger partial charge in [-0.05, 0) is 61.4 Å². The van der Waals surface area contributed by atoms with E-state index in [9.17, 15) is 9.59 Å². The minimum absolute atomic E-state index is 0.117. The van der Waals surface area contributed by atoms with Crippen LogP contribution in [0.4, 0.5) is 0 Å². The van der Waals surface area contributed by atoms with Gasteiger partial charge in [0.2, 0.25) is 5.91 Å². The molecule has 0 unspecified atom stereocenters. The first-order chi connectivity index (χ1) is 30.6. The van der Waals surface area contributed by atoms with Crippen LogP contribution >= 0.6 is 0 Å². The van der Waals surface area contributed by atoms with Crippen LogP contribution in [0.25, 0.3) is 22.5 Å². The molecule has 1 aromatic heterocycles. The smallest absolute Gasteiger partial charge is 0.328 e. The first-order valence-corrected chi connectivity index (χ1v) is 20.9. The molecule has 1 aliphatic rings. The van der Waals surface area contributed by atoms with E-state index in [0.29, 0.717) is 25.3 Å². The van der Waals surface area contributed by atoms with Gasteiger partial charge in [-0.15, -0.1) is 5.10 Å². The predicted octanol–water partition coefficient (Wildman–Crippen LogP) is 8.91. The summed E-state index contributed by atoms with van der Waals surface area (Å²) < 4.78 is 7.19. The van der Waals surface area contributed by atoms with Crippen molar-refractivity contribution in [2.24, 2.45) is 0 Å². The largest absolute Gasteiger partial charge is 0.467 e. The Bertz CT molecular complexity index is 2590. The van der Waals surface area contributed by atoms with Gasteiger partial charge in [-0.2, -0.15) is 0 Å². The summed E-state index contributed by atoms with van der Waals surface area (Å²) in [6.45, 7) is 0.931. The number of likely N-dealkylation sites (tertiary alicyclic amines) is 1. The molecule has 1 amide bonds. The highest BCUT2D eigenvalue weighted by Crippen LogP contribution is 2.43. The number of nitrogens with zero attached hydrogens (tertiary/aromatic N) is 5. The number of aromatic nitrogens is 4. The number of nitrogens with one attached hydrogen (secondary N) is 1. The molecule has 0 bridgehead atoms. The zero-order valence-electron chi connectivity index (χ0n) is 34.4. The molecule has 1 N–H and O–H groups in total. The van der Waals surface area contributed by atoms with Crippen LogP contribution in [0.1, 0.15) is 45.7 Å². The molecule has 0 saturated carbocycles. The van der Waals surface area contributed by atoms with Gasteiger partial charge in [-0.1, -0.05) is 200 Å². The maximum absolute atomic E-state index is 14.5. The summed E-state index contributed by atoms with van der Waals surface area (Å²) in [5, 5.41) is 17.5. The lowest BCUT2D eigenvalue weighted by molar-refractivity contribution is -0.151. The van der Waals surface area contributed by atoms with Crippen molar-refractivity contribution in [1.29, 1.82) is 0 Å². The van der Waals surface area contributed by atoms with Crippen LogP contribution in [-0.4, -0.2) is 62.7 Å². The number of carbonyl (C=O) groups excluding carboxylic acids is 2. The predicted molar refractivity (Wildman–Crippen MR) is 241 cm³/mol. The van der Waals surface area contributed by atoms with Crippen molar-refractivity contribution in [1.82, 2.24) is 30.4 Å². The van der Waals surface area contributed by atoms with E-state index in [1.165, 1.54) is 7.11 Å². The Balaban J connectivity index is 0.989. The van der Waals surface area contributed by atoms with Crippen LogP contribution < -0.4 is 5.32 Å². The molecule has 1 saturated heterocycles. The van der Waals surface area contributed by atoms with Crippen LogP contribution in [0.15, 0.2) is 200 Å². The highest BCUT2D eigenvalue weighted by Gasteiger charge is 2.44. The van der Waals surface area contributed by atoms with Gasteiger partial charge in [-0.3, -0.25) is 4.79 Å². The average Bonchev–Trinajstić information content (AvgIpc) is 4.02. The number of esters is 1. The molecule has 9 rings (SSSR count). The van der Waals surface area contributed by atoms with E-state index in [2.05, 4.69) is 120 Å². The molecule has 1 aliphatic heterocycles. The summed E-state index contributed by atoms with van der Waals surface area (Å²) in [6.07, 6.45) is 0.450. The van der Waals surface area contributed by atoms with Crippen molar-refractivity contribution in [3.63, 3.8) is 0 Å². The molecule has 1 fully saturated rings. The SMILES string of the molecule is COC(=O)[C@H]1C[C@H](NCc2ccc(-c3ccccc3-c3nnnn3C(c3ccccc3)(c3ccccc3)c3ccccc3)cc2)CN1C(=O)C(c1ccccc1)c1ccccc1. The number of hydrogen-bond donors (Lipinski definition) is 1. The van der Waals surface area contributed by atoms with Crippen molar-refractivity contribution >= 4 is 11.9 Å². The van der Waals surface area contributed by atoms with Gasteiger partial charge in [0.05, 0.1) is 13.0 Å². The topological polar surface area (TPSA) is 102 Å². The first kappa shape index (κ1) is 39.9. The van der Waals surface area contributed by atoms with Gasteiger partial charge in [0, 0.05) is 24.7 Å². The number of rotatable bonds is 13. The van der Waals surface area contributed by atoms with Crippen molar-refractivity contribution in [3.8, 4) is 22.5 Å². The highest BCUT2D eigenvalue weighted by molar-refractivity contribution is 5.91. The third kappa shape index (κ3) is 7.70. The molecule has 8 aromatic rings. The zero-order valence-corrected chi connectivity index (χ0v) is 34.4. The third-order valence-electron chi connectivity index (χ3n) is 12.0. The first-order valence-electron chi connectivity index (χ1n) is 20.9. The number of hydrogen-bond acceptors (Lipinski definition) is 7. The molecule has 7 aromatic carbocycles. The Morgan fingerprint density at radius 3 is 1.65 bits per heavy atom. The van der Waals surface area contributed by atoms with E-state index in [4.69, 9.17) is 15.0 Å². The maximum Gasteiger partial charge on any atom is 0.328 e. The van der Waals surface area contributed by atoms with Crippen LogP contribution in [0, 0.1) is 0 Å². The van der Waals surface area contributed by atoms with Crippen molar-refractivity contribution < 1.29 is 14.3 Å². The molecule has 2 heterocycles. The maximum atomic E-state index is 14.5. The summed E-state index contributed by atoms with van der Waals surface area (Å²) in [7, 11) is 1.38. The Morgan fingerprint density at radius 2 is 1.13 bits per heavy atom. The number of tetrazole rings is 1. The average molecular weight is 815 g/mol. The summed E-state index contributed by atoms with van der Waals surface area (Å²) in [4.78, 5) is 29.3. The third-order valence-corrected chi connectivity index (χ3v) is 12.0.